The Hall–Kier alpha value is -4.18. The highest BCUT2D eigenvalue weighted by atomic mass is 32.2. The molecule has 0 spiro atoms. The second-order valence-electron chi connectivity index (χ2n) is 10.7. The van der Waals surface area contributed by atoms with Crippen molar-refractivity contribution in [1.29, 1.82) is 0 Å². The molecule has 1 fully saturated rings. The van der Waals surface area contributed by atoms with Crippen molar-refractivity contribution < 1.29 is 17.9 Å². The van der Waals surface area contributed by atoms with Crippen LogP contribution in [0.25, 0.3) is 28.0 Å². The SMILES string of the molecule is CCOc1cccc(-c2ccc3nc(-c4ccc(C)cc4)c(CN4CCN(S(=O)(=O)c5ccc(OC)cc5)CC4)n3c2)c1. The Balaban J connectivity index is 1.29. The normalized spacial score (nSPS) is 14.7. The number of fused-ring (bicyclic) bond motifs is 1. The zero-order chi connectivity index (χ0) is 30.0. The van der Waals surface area contributed by atoms with Gasteiger partial charge in [-0.3, -0.25) is 4.90 Å². The van der Waals surface area contributed by atoms with Crippen LogP contribution in [0.1, 0.15) is 18.2 Å². The number of sulfonamides is 1. The van der Waals surface area contributed by atoms with E-state index in [1.165, 1.54) is 5.56 Å². The largest absolute Gasteiger partial charge is 0.497 e. The van der Waals surface area contributed by atoms with E-state index in [-0.39, 0.29) is 4.90 Å². The first-order valence-electron chi connectivity index (χ1n) is 14.5. The maximum absolute atomic E-state index is 13.3. The molecule has 2 aromatic heterocycles. The lowest BCUT2D eigenvalue weighted by atomic mass is 10.1. The lowest BCUT2D eigenvalue weighted by Gasteiger charge is -2.34. The summed E-state index contributed by atoms with van der Waals surface area (Å²) in [5.41, 5.74) is 7.28. The average molecular weight is 597 g/mol. The van der Waals surface area contributed by atoms with E-state index in [2.05, 4.69) is 71.0 Å². The third kappa shape index (κ3) is 6.01. The van der Waals surface area contributed by atoms with Crippen molar-refractivity contribution in [2.45, 2.75) is 25.3 Å². The molecule has 0 amide bonds. The summed E-state index contributed by atoms with van der Waals surface area (Å²) in [6, 6.07) is 27.3. The molecule has 1 saturated heterocycles. The van der Waals surface area contributed by atoms with Crippen LogP contribution < -0.4 is 9.47 Å². The fourth-order valence-corrected chi connectivity index (χ4v) is 6.95. The molecule has 0 radical (unpaired) electrons. The molecule has 6 rings (SSSR count). The van der Waals surface area contributed by atoms with Crippen LogP contribution in [0.3, 0.4) is 0 Å². The van der Waals surface area contributed by atoms with Gasteiger partial charge in [-0.2, -0.15) is 4.31 Å². The van der Waals surface area contributed by atoms with Gasteiger partial charge in [0.25, 0.3) is 0 Å². The molecule has 0 atom stereocenters. The van der Waals surface area contributed by atoms with E-state index in [1.807, 2.05) is 19.1 Å². The summed E-state index contributed by atoms with van der Waals surface area (Å²) >= 11 is 0. The molecule has 0 N–H and O–H groups in total. The minimum atomic E-state index is -3.58. The smallest absolute Gasteiger partial charge is 0.243 e. The molecule has 3 heterocycles. The Morgan fingerprint density at radius 3 is 2.23 bits per heavy atom. The molecule has 0 aliphatic carbocycles. The van der Waals surface area contributed by atoms with Crippen LogP contribution in [-0.4, -0.2) is 66.9 Å². The Morgan fingerprint density at radius 2 is 1.53 bits per heavy atom. The van der Waals surface area contributed by atoms with Gasteiger partial charge in [0.1, 0.15) is 17.1 Å². The summed E-state index contributed by atoms with van der Waals surface area (Å²) < 4.78 is 41.4. The molecule has 9 heteroatoms. The number of hydrogen-bond acceptors (Lipinski definition) is 6. The fourth-order valence-electron chi connectivity index (χ4n) is 5.53. The van der Waals surface area contributed by atoms with Crippen molar-refractivity contribution in [2.75, 3.05) is 39.9 Å². The second-order valence-corrected chi connectivity index (χ2v) is 12.7. The molecule has 43 heavy (non-hydrogen) atoms. The van der Waals surface area contributed by atoms with Gasteiger partial charge in [0.2, 0.25) is 10.0 Å². The lowest BCUT2D eigenvalue weighted by Crippen LogP contribution is -2.48. The average Bonchev–Trinajstić information content (AvgIpc) is 3.39. The van der Waals surface area contributed by atoms with Gasteiger partial charge in [0.05, 0.1) is 30.0 Å². The summed E-state index contributed by atoms with van der Waals surface area (Å²) in [6.45, 7) is 7.39. The number of piperazine rings is 1. The number of pyridine rings is 1. The molecule has 222 valence electrons. The Kier molecular flexibility index (Phi) is 8.21. The molecule has 0 saturated carbocycles. The molecule has 0 unspecified atom stereocenters. The molecule has 1 aliphatic heterocycles. The van der Waals surface area contributed by atoms with Crippen LogP contribution in [0, 0.1) is 6.92 Å². The van der Waals surface area contributed by atoms with Crippen LogP contribution in [-0.2, 0) is 16.6 Å². The number of ether oxygens (including phenoxy) is 2. The van der Waals surface area contributed by atoms with Crippen LogP contribution in [0.5, 0.6) is 11.5 Å². The zero-order valence-electron chi connectivity index (χ0n) is 24.7. The van der Waals surface area contributed by atoms with Crippen LogP contribution >= 0.6 is 0 Å². The number of benzene rings is 3. The second kappa shape index (κ2) is 12.2. The standard InChI is InChI=1S/C34H36N4O4S/c1-4-42-30-7-5-6-27(22-30)28-12-17-33-35-34(26-10-8-25(2)9-11-26)32(38(33)23-28)24-36-18-20-37(21-19-36)43(39,40)31-15-13-29(41-3)14-16-31/h5-17,22-23H,4,18-21,24H2,1-3H3. The van der Waals surface area contributed by atoms with E-state index in [4.69, 9.17) is 14.5 Å². The summed E-state index contributed by atoms with van der Waals surface area (Å²) in [7, 11) is -2.02. The van der Waals surface area contributed by atoms with Crippen molar-refractivity contribution in [3.8, 4) is 33.9 Å². The molecule has 0 bridgehead atoms. The molecular weight excluding hydrogens is 560 g/mol. The number of imidazole rings is 1. The van der Waals surface area contributed by atoms with Gasteiger partial charge in [-0.15, -0.1) is 0 Å². The van der Waals surface area contributed by atoms with Crippen LogP contribution in [0.2, 0.25) is 0 Å². The van der Waals surface area contributed by atoms with Gasteiger partial charge < -0.3 is 13.9 Å². The van der Waals surface area contributed by atoms with Gasteiger partial charge >= 0.3 is 0 Å². The maximum Gasteiger partial charge on any atom is 0.243 e. The minimum Gasteiger partial charge on any atom is -0.497 e. The van der Waals surface area contributed by atoms with Gasteiger partial charge in [-0.05, 0) is 73.5 Å². The van der Waals surface area contributed by atoms with E-state index >= 15 is 0 Å². The maximum atomic E-state index is 13.3. The van der Waals surface area contributed by atoms with Crippen molar-refractivity contribution in [3.05, 3.63) is 102 Å². The van der Waals surface area contributed by atoms with Gasteiger partial charge in [-0.25, -0.2) is 13.4 Å². The third-order valence-corrected chi connectivity index (χ3v) is 9.84. The molecule has 5 aromatic rings. The predicted octanol–water partition coefficient (Wildman–Crippen LogP) is 5.89. The van der Waals surface area contributed by atoms with E-state index in [9.17, 15) is 8.42 Å². The number of hydrogen-bond donors (Lipinski definition) is 0. The van der Waals surface area contributed by atoms with Gasteiger partial charge in [0.15, 0.2) is 0 Å². The first-order valence-corrected chi connectivity index (χ1v) is 16.0. The van der Waals surface area contributed by atoms with E-state index in [1.54, 1.807) is 35.7 Å². The van der Waals surface area contributed by atoms with E-state index < -0.39 is 10.0 Å². The summed E-state index contributed by atoms with van der Waals surface area (Å²) in [6.07, 6.45) is 2.14. The Morgan fingerprint density at radius 1 is 0.814 bits per heavy atom. The summed E-state index contributed by atoms with van der Waals surface area (Å²) in [5, 5.41) is 0. The monoisotopic (exact) mass is 596 g/mol. The van der Waals surface area contributed by atoms with Gasteiger partial charge in [0, 0.05) is 44.5 Å². The van der Waals surface area contributed by atoms with Crippen LogP contribution in [0.15, 0.2) is 96.0 Å². The van der Waals surface area contributed by atoms with E-state index in [0.717, 1.165) is 39.5 Å². The van der Waals surface area contributed by atoms with Crippen molar-refractivity contribution in [2.24, 2.45) is 0 Å². The highest BCUT2D eigenvalue weighted by Crippen LogP contribution is 2.30. The number of aryl methyl sites for hydroxylation is 1. The summed E-state index contributed by atoms with van der Waals surface area (Å²) in [4.78, 5) is 7.66. The highest BCUT2D eigenvalue weighted by molar-refractivity contribution is 7.89. The first-order chi connectivity index (χ1) is 20.9. The fraction of sp³-hybridized carbons (Fsp3) is 0.265. The Labute approximate surface area is 253 Å². The number of nitrogens with zero attached hydrogens (tertiary/aromatic N) is 4. The van der Waals surface area contributed by atoms with Gasteiger partial charge in [-0.1, -0.05) is 42.0 Å². The summed E-state index contributed by atoms with van der Waals surface area (Å²) in [5.74, 6) is 1.47. The van der Waals surface area contributed by atoms with E-state index in [0.29, 0.717) is 45.1 Å². The predicted molar refractivity (Wildman–Crippen MR) is 169 cm³/mol. The first kappa shape index (κ1) is 28.9. The lowest BCUT2D eigenvalue weighted by molar-refractivity contribution is 0.180. The van der Waals surface area contributed by atoms with Crippen molar-refractivity contribution >= 4 is 15.7 Å². The quantitative estimate of drug-likeness (QED) is 0.211. The van der Waals surface area contributed by atoms with Crippen LogP contribution in [0.4, 0.5) is 0 Å². The zero-order valence-corrected chi connectivity index (χ0v) is 25.5. The number of methoxy groups -OCH3 is 1. The number of rotatable bonds is 9. The minimum absolute atomic E-state index is 0.283. The molecule has 1 aliphatic rings. The molecule has 8 nitrogen and oxygen atoms in total. The van der Waals surface area contributed by atoms with Crippen molar-refractivity contribution in [3.63, 3.8) is 0 Å². The highest BCUT2D eigenvalue weighted by Gasteiger charge is 2.29. The molecular formula is C34H36N4O4S. The van der Waals surface area contributed by atoms with Crippen molar-refractivity contribution in [1.82, 2.24) is 18.6 Å². The Bertz CT molecular complexity index is 1830. The molecule has 3 aromatic carbocycles. The third-order valence-electron chi connectivity index (χ3n) is 7.92. The topological polar surface area (TPSA) is 76.4 Å². The number of aromatic nitrogens is 2.